The number of benzene rings is 1. The first-order valence-corrected chi connectivity index (χ1v) is 5.15. The van der Waals surface area contributed by atoms with E-state index in [-0.39, 0.29) is 11.4 Å². The van der Waals surface area contributed by atoms with Crippen molar-refractivity contribution >= 4 is 17.5 Å². The fraction of sp³-hybridized carbons (Fsp3) is 0.364. The van der Waals surface area contributed by atoms with Gasteiger partial charge in [-0.15, -0.1) is 0 Å². The molecule has 1 rings (SSSR count). The van der Waals surface area contributed by atoms with Crippen LogP contribution in [-0.4, -0.2) is 21.8 Å². The number of rotatable bonds is 2. The minimum atomic E-state index is -0.853. The number of anilines is 1. The summed E-state index contributed by atoms with van der Waals surface area (Å²) < 4.78 is 18.3. The lowest BCUT2D eigenvalue weighted by Crippen LogP contribution is -2.27. The van der Waals surface area contributed by atoms with Gasteiger partial charge in [0.1, 0.15) is 11.4 Å². The highest BCUT2D eigenvalue weighted by Gasteiger charge is 2.20. The minimum Gasteiger partial charge on any atom is -0.444 e. The highest BCUT2D eigenvalue weighted by Crippen LogP contribution is 2.21. The van der Waals surface area contributed by atoms with Crippen LogP contribution in [0, 0.1) is 10.7 Å². The van der Waals surface area contributed by atoms with Gasteiger partial charge < -0.3 is 4.74 Å². The first-order valence-electron chi connectivity index (χ1n) is 5.15. The molecule has 0 aliphatic heterocycles. The molecule has 0 fully saturated rings. The molecule has 0 spiro atoms. The summed E-state index contributed by atoms with van der Waals surface area (Å²) in [6.07, 6.45) is -0.853. The number of hydrogen-bond donors (Lipinski definition) is 2. The predicted octanol–water partition coefficient (Wildman–Crippen LogP) is 2.97. The molecule has 98 valence electrons. The molecule has 1 amide bonds. The summed E-state index contributed by atoms with van der Waals surface area (Å²) in [4.78, 5) is 21.6. The van der Waals surface area contributed by atoms with Crippen molar-refractivity contribution in [3.63, 3.8) is 0 Å². The molecule has 0 bridgehead atoms. The number of nitrogens with one attached hydrogen (secondary N) is 1. The second kappa shape index (κ2) is 4.99. The van der Waals surface area contributed by atoms with E-state index in [4.69, 9.17) is 9.94 Å². The molecule has 7 heteroatoms. The summed E-state index contributed by atoms with van der Waals surface area (Å²) in [7, 11) is 0. The number of amides is 1. The van der Waals surface area contributed by atoms with Crippen LogP contribution >= 0.6 is 0 Å². The van der Waals surface area contributed by atoms with Crippen molar-refractivity contribution < 1.29 is 24.1 Å². The van der Waals surface area contributed by atoms with Crippen molar-refractivity contribution in [2.24, 2.45) is 0 Å². The Kier molecular flexibility index (Phi) is 3.85. The summed E-state index contributed by atoms with van der Waals surface area (Å²) in [5.74, 6) is -0.744. The van der Waals surface area contributed by atoms with Gasteiger partial charge in [0.15, 0.2) is 0 Å². The van der Waals surface area contributed by atoms with Crippen LogP contribution in [0.1, 0.15) is 20.8 Å². The van der Waals surface area contributed by atoms with Crippen LogP contribution in [0.3, 0.4) is 0 Å². The summed E-state index contributed by atoms with van der Waals surface area (Å²) in [5.41, 5.74) is -1.18. The molecule has 1 aromatic carbocycles. The average Bonchev–Trinajstić information content (AvgIpc) is 2.18. The Balaban J connectivity index is 2.87. The van der Waals surface area contributed by atoms with Gasteiger partial charge in [-0.1, -0.05) is 0 Å². The van der Waals surface area contributed by atoms with Crippen LogP contribution in [0.5, 0.6) is 0 Å². The monoisotopic (exact) mass is 257 g/mol. The molecule has 18 heavy (non-hydrogen) atoms. The number of nitrogens with zero attached hydrogens (tertiary/aromatic N) is 1. The number of carbonyl (C=O) groups excluding carboxylic acids is 1. The first-order chi connectivity index (χ1) is 8.19. The van der Waals surface area contributed by atoms with E-state index in [0.717, 1.165) is 18.2 Å². The highest BCUT2D eigenvalue weighted by molar-refractivity contribution is 5.85. The lowest BCUT2D eigenvalue weighted by atomic mass is 10.2. The fourth-order valence-electron chi connectivity index (χ4n) is 1.14. The average molecular weight is 257 g/mol. The molecule has 6 nitrogen and oxygen atoms in total. The van der Waals surface area contributed by atoms with Crippen molar-refractivity contribution in [3.8, 4) is 0 Å². The number of halogens is 1. The molecule has 0 unspecified atom stereocenters. The van der Waals surface area contributed by atoms with Gasteiger partial charge in [-0.05, 0) is 26.8 Å². The molecule has 1 aromatic rings. The van der Waals surface area contributed by atoms with Crippen LogP contribution in [0.15, 0.2) is 18.2 Å². The van der Waals surface area contributed by atoms with E-state index in [1.165, 1.54) is 0 Å². The first kappa shape index (κ1) is 13.9. The van der Waals surface area contributed by atoms with E-state index in [1.807, 2.05) is 0 Å². The van der Waals surface area contributed by atoms with Gasteiger partial charge >= 0.3 is 11.8 Å². The Hall–Kier alpha value is -2.18. The molecule has 0 heterocycles. The van der Waals surface area contributed by atoms with E-state index < -0.39 is 22.4 Å². The molecule has 0 aromatic heterocycles. The topological polar surface area (TPSA) is 78.6 Å². The maximum Gasteiger partial charge on any atom is 0.412 e. The summed E-state index contributed by atoms with van der Waals surface area (Å²) in [5, 5.41) is 10.8. The summed E-state index contributed by atoms with van der Waals surface area (Å²) in [6.45, 7) is 4.98. The molecule has 0 saturated carbocycles. The van der Waals surface area contributed by atoms with E-state index in [9.17, 15) is 14.1 Å². The quantitative estimate of drug-likeness (QED) is 0.798. The van der Waals surface area contributed by atoms with Crippen LogP contribution in [-0.2, 0) is 4.74 Å². The third-order valence-electron chi connectivity index (χ3n) is 1.81. The van der Waals surface area contributed by atoms with Crippen molar-refractivity contribution in [1.82, 2.24) is 0 Å². The largest absolute Gasteiger partial charge is 0.444 e. The fourth-order valence-corrected chi connectivity index (χ4v) is 1.14. The Labute approximate surface area is 103 Å². The zero-order chi connectivity index (χ0) is 13.9. The molecule has 0 atom stereocenters. The SMILES string of the molecule is CC(C)(C)OC(=O)Nc1cc([N+](=O)O)ccc1F. The third kappa shape index (κ3) is 4.00. The number of hydrogen-bond acceptors (Lipinski definition) is 3. The second-order valence-electron chi connectivity index (χ2n) is 4.56. The molecule has 2 N–H and O–H groups in total. The van der Waals surface area contributed by atoms with Crippen LogP contribution in [0.4, 0.5) is 20.6 Å². The third-order valence-corrected chi connectivity index (χ3v) is 1.81. The van der Waals surface area contributed by atoms with Gasteiger partial charge in [-0.25, -0.2) is 14.4 Å². The smallest absolute Gasteiger partial charge is 0.412 e. The van der Waals surface area contributed by atoms with E-state index >= 15 is 0 Å². The van der Waals surface area contributed by atoms with Gasteiger partial charge in [-0.3, -0.25) is 5.32 Å². The number of carbonyl (C=O) groups is 1. The normalized spacial score (nSPS) is 10.9. The lowest BCUT2D eigenvalue weighted by molar-refractivity contribution is -0.729. The molecular formula is C11H14FN2O4+. The second-order valence-corrected chi connectivity index (χ2v) is 4.56. The van der Waals surface area contributed by atoms with E-state index in [1.54, 1.807) is 20.8 Å². The van der Waals surface area contributed by atoms with Crippen molar-refractivity contribution in [1.29, 1.82) is 0 Å². The number of ether oxygens (including phenoxy) is 1. The maximum absolute atomic E-state index is 13.4. The van der Waals surface area contributed by atoms with Gasteiger partial charge in [-0.2, -0.15) is 0 Å². The van der Waals surface area contributed by atoms with Crippen molar-refractivity contribution in [2.75, 3.05) is 5.32 Å². The van der Waals surface area contributed by atoms with E-state index in [0.29, 0.717) is 0 Å². The zero-order valence-electron chi connectivity index (χ0n) is 10.2. The van der Waals surface area contributed by atoms with Gasteiger partial charge in [0.05, 0.1) is 10.6 Å². The maximum atomic E-state index is 13.4. The summed E-state index contributed by atoms with van der Waals surface area (Å²) >= 11 is 0. The standard InChI is InChI=1S/C11H13FN2O4/c1-11(2,3)18-10(15)13-9-6-7(14(16)17)4-5-8(9)12/h4-6H,1-3H3,(H-,13,15,16,17)/p+1. The Bertz CT molecular complexity index is 482. The molecule has 0 aliphatic rings. The Morgan fingerprint density at radius 1 is 1.44 bits per heavy atom. The Morgan fingerprint density at radius 3 is 2.56 bits per heavy atom. The molecular weight excluding hydrogens is 243 g/mol. The molecule has 0 saturated heterocycles. The molecule has 0 aliphatic carbocycles. The van der Waals surface area contributed by atoms with Crippen molar-refractivity contribution in [3.05, 3.63) is 28.9 Å². The van der Waals surface area contributed by atoms with Crippen LogP contribution < -0.4 is 5.32 Å². The van der Waals surface area contributed by atoms with Gasteiger partial charge in [0.2, 0.25) is 0 Å². The highest BCUT2D eigenvalue weighted by atomic mass is 19.1. The van der Waals surface area contributed by atoms with Crippen molar-refractivity contribution in [2.45, 2.75) is 26.4 Å². The Morgan fingerprint density at radius 2 is 2.06 bits per heavy atom. The minimum absolute atomic E-state index is 0.206. The van der Waals surface area contributed by atoms with Gasteiger partial charge in [0.25, 0.3) is 4.92 Å². The summed E-state index contributed by atoms with van der Waals surface area (Å²) in [6, 6.07) is 3.01. The zero-order valence-corrected chi connectivity index (χ0v) is 10.2. The molecule has 0 radical (unpaired) electrons. The van der Waals surface area contributed by atoms with Gasteiger partial charge in [0, 0.05) is 12.1 Å². The lowest BCUT2D eigenvalue weighted by Gasteiger charge is -2.19. The van der Waals surface area contributed by atoms with Crippen LogP contribution in [0.25, 0.3) is 0 Å². The van der Waals surface area contributed by atoms with E-state index in [2.05, 4.69) is 5.32 Å². The predicted molar refractivity (Wildman–Crippen MR) is 61.3 cm³/mol. The van der Waals surface area contributed by atoms with Crippen LogP contribution in [0.2, 0.25) is 0 Å².